The van der Waals surface area contributed by atoms with Crippen molar-refractivity contribution in [2.45, 2.75) is 50.5 Å². The van der Waals surface area contributed by atoms with Gasteiger partial charge in [-0.3, -0.25) is 4.79 Å². The van der Waals surface area contributed by atoms with Crippen LogP contribution in [0.4, 0.5) is 0 Å². The quantitative estimate of drug-likeness (QED) is 0.368. The molecule has 0 saturated carbocycles. The first-order valence-corrected chi connectivity index (χ1v) is 5.96. The van der Waals surface area contributed by atoms with E-state index >= 15 is 0 Å². The summed E-state index contributed by atoms with van der Waals surface area (Å²) >= 11 is 0. The molecule has 5 atom stereocenters. The number of aliphatic hydroxyl groups is 4. The van der Waals surface area contributed by atoms with Crippen LogP contribution in [-0.4, -0.2) is 69.4 Å². The summed E-state index contributed by atoms with van der Waals surface area (Å²) in [5.74, 6) is -0.515. The van der Waals surface area contributed by atoms with Gasteiger partial charge in [-0.1, -0.05) is 0 Å². The van der Waals surface area contributed by atoms with Gasteiger partial charge in [-0.15, -0.1) is 0 Å². The third-order valence-electron chi connectivity index (χ3n) is 2.89. The predicted octanol–water partition coefficient (Wildman–Crippen LogP) is -2.73. The van der Waals surface area contributed by atoms with Crippen molar-refractivity contribution in [3.8, 4) is 0 Å². The molecule has 0 bridgehead atoms. The molecule has 2 unspecified atom stereocenters. The molecular formula is C11H19NO7. The van der Waals surface area contributed by atoms with Gasteiger partial charge in [0.15, 0.2) is 6.29 Å². The highest BCUT2D eigenvalue weighted by molar-refractivity contribution is 5.83. The second-order valence-electron chi connectivity index (χ2n) is 4.54. The fourth-order valence-corrected chi connectivity index (χ4v) is 1.69. The average molecular weight is 277 g/mol. The minimum atomic E-state index is -1.63. The van der Waals surface area contributed by atoms with Crippen LogP contribution < -0.4 is 5.32 Å². The number of carbonyl (C=O) groups excluding carboxylic acids is 2. The van der Waals surface area contributed by atoms with Gasteiger partial charge in [0.25, 0.3) is 0 Å². The number of ether oxygens (including phenoxy) is 1. The van der Waals surface area contributed by atoms with E-state index in [1.165, 1.54) is 6.92 Å². The molecular weight excluding hydrogens is 258 g/mol. The molecule has 19 heavy (non-hydrogen) atoms. The highest BCUT2D eigenvalue weighted by atomic mass is 16.6. The number of amides is 1. The van der Waals surface area contributed by atoms with E-state index in [1.807, 2.05) is 0 Å². The lowest BCUT2D eigenvalue weighted by molar-refractivity contribution is -0.280. The van der Waals surface area contributed by atoms with E-state index in [-0.39, 0.29) is 25.2 Å². The Morgan fingerprint density at radius 1 is 1.05 bits per heavy atom. The Kier molecular flexibility index (Phi) is 5.83. The zero-order chi connectivity index (χ0) is 14.6. The maximum Gasteiger partial charge on any atom is 0.220 e. The van der Waals surface area contributed by atoms with Crippen molar-refractivity contribution in [3.63, 3.8) is 0 Å². The van der Waals surface area contributed by atoms with Crippen LogP contribution in [0.3, 0.4) is 0 Å². The first kappa shape index (κ1) is 16.0. The van der Waals surface area contributed by atoms with Crippen LogP contribution in [0.25, 0.3) is 0 Å². The van der Waals surface area contributed by atoms with Crippen molar-refractivity contribution < 1.29 is 34.8 Å². The monoisotopic (exact) mass is 277 g/mol. The summed E-state index contributed by atoms with van der Waals surface area (Å²) in [6.45, 7) is 1.23. The maximum absolute atomic E-state index is 11.3. The third kappa shape index (κ3) is 4.51. The lowest BCUT2D eigenvalue weighted by Crippen LogP contribution is -2.60. The molecule has 1 amide bonds. The van der Waals surface area contributed by atoms with Crippen LogP contribution in [0, 0.1) is 0 Å². The van der Waals surface area contributed by atoms with Gasteiger partial charge >= 0.3 is 0 Å². The van der Waals surface area contributed by atoms with E-state index in [4.69, 9.17) is 4.74 Å². The molecule has 0 spiro atoms. The third-order valence-corrected chi connectivity index (χ3v) is 2.89. The number of hydrogen-bond donors (Lipinski definition) is 5. The van der Waals surface area contributed by atoms with Gasteiger partial charge < -0.3 is 35.3 Å². The zero-order valence-corrected chi connectivity index (χ0v) is 10.5. The van der Waals surface area contributed by atoms with Gasteiger partial charge in [0.2, 0.25) is 5.91 Å². The Morgan fingerprint density at radius 3 is 2.26 bits per heavy atom. The van der Waals surface area contributed by atoms with Crippen molar-refractivity contribution >= 4 is 11.7 Å². The van der Waals surface area contributed by atoms with Crippen molar-refractivity contribution in [1.29, 1.82) is 0 Å². The molecule has 8 nitrogen and oxygen atoms in total. The van der Waals surface area contributed by atoms with E-state index < -0.39 is 36.6 Å². The minimum Gasteiger partial charge on any atom is -0.388 e. The Bertz CT molecular complexity index is 335. The second-order valence-corrected chi connectivity index (χ2v) is 4.54. The van der Waals surface area contributed by atoms with Gasteiger partial charge in [-0.25, -0.2) is 0 Å². The van der Waals surface area contributed by atoms with E-state index in [2.05, 4.69) is 5.32 Å². The number of Topliss-reactive ketones (excluding diaryl/α,β-unsaturated/α-hetero) is 1. The summed E-state index contributed by atoms with van der Waals surface area (Å²) in [6, 6.07) is 0. The fourth-order valence-electron chi connectivity index (χ4n) is 1.69. The molecule has 1 rings (SSSR count). The van der Waals surface area contributed by atoms with Gasteiger partial charge in [0.05, 0.1) is 0 Å². The molecule has 1 saturated heterocycles. The minimum absolute atomic E-state index is 0.0197. The SMILES string of the molecule is CC(=O)CCC(=O)NC[C@H]1OC(O)[C@@H](O)C(O)[C@H]1O. The molecule has 1 heterocycles. The molecule has 1 aliphatic rings. The topological polar surface area (TPSA) is 136 Å². The van der Waals surface area contributed by atoms with E-state index in [0.29, 0.717) is 0 Å². The number of nitrogens with one attached hydrogen (secondary N) is 1. The molecule has 1 aliphatic heterocycles. The summed E-state index contributed by atoms with van der Waals surface area (Å²) in [7, 11) is 0. The van der Waals surface area contributed by atoms with E-state index in [1.54, 1.807) is 0 Å². The molecule has 1 fully saturated rings. The molecule has 0 aromatic rings. The summed E-state index contributed by atoms with van der Waals surface area (Å²) < 4.78 is 4.87. The van der Waals surface area contributed by atoms with Gasteiger partial charge in [0, 0.05) is 19.4 Å². The van der Waals surface area contributed by atoms with Crippen molar-refractivity contribution in [1.82, 2.24) is 5.32 Å². The summed E-state index contributed by atoms with van der Waals surface area (Å²) in [5.41, 5.74) is 0. The van der Waals surface area contributed by atoms with Crippen LogP contribution in [0.1, 0.15) is 19.8 Å². The Morgan fingerprint density at radius 2 is 1.68 bits per heavy atom. The number of ketones is 1. The van der Waals surface area contributed by atoms with E-state index in [0.717, 1.165) is 0 Å². The number of aliphatic hydroxyl groups excluding tert-OH is 4. The van der Waals surface area contributed by atoms with Crippen LogP contribution in [-0.2, 0) is 14.3 Å². The molecule has 0 aromatic carbocycles. The molecule has 5 N–H and O–H groups in total. The molecule has 0 radical (unpaired) electrons. The van der Waals surface area contributed by atoms with Crippen LogP contribution in [0.15, 0.2) is 0 Å². The number of rotatable bonds is 5. The molecule has 8 heteroatoms. The summed E-state index contributed by atoms with van der Waals surface area (Å²) in [6.07, 6.45) is -7.10. The maximum atomic E-state index is 11.3. The second kappa shape index (κ2) is 6.92. The fraction of sp³-hybridized carbons (Fsp3) is 0.818. The smallest absolute Gasteiger partial charge is 0.220 e. The zero-order valence-electron chi connectivity index (χ0n) is 10.5. The Balaban J connectivity index is 2.40. The van der Waals surface area contributed by atoms with Gasteiger partial charge in [0.1, 0.15) is 30.2 Å². The normalized spacial score (nSPS) is 34.9. The van der Waals surface area contributed by atoms with Crippen LogP contribution >= 0.6 is 0 Å². The Labute approximate surface area is 110 Å². The standard InChI is InChI=1S/C11H19NO7/c1-5(13)2-3-7(14)12-4-6-8(15)9(16)10(17)11(18)19-6/h6,8-11,15-18H,2-4H2,1H3,(H,12,14)/t6-,8+,9?,10+,11?/m1/s1. The number of hydrogen-bond acceptors (Lipinski definition) is 7. The average Bonchev–Trinajstić information content (AvgIpc) is 2.36. The van der Waals surface area contributed by atoms with Crippen molar-refractivity contribution in [2.24, 2.45) is 0 Å². The highest BCUT2D eigenvalue weighted by Gasteiger charge is 2.42. The molecule has 0 aliphatic carbocycles. The summed E-state index contributed by atoms with van der Waals surface area (Å²) in [5, 5.41) is 40.0. The number of carbonyl (C=O) groups is 2. The summed E-state index contributed by atoms with van der Waals surface area (Å²) in [4.78, 5) is 22.0. The van der Waals surface area contributed by atoms with Gasteiger partial charge in [-0.2, -0.15) is 0 Å². The molecule has 0 aromatic heterocycles. The van der Waals surface area contributed by atoms with Crippen molar-refractivity contribution in [3.05, 3.63) is 0 Å². The lowest BCUT2D eigenvalue weighted by Gasteiger charge is -2.38. The first-order chi connectivity index (χ1) is 8.82. The molecule has 110 valence electrons. The van der Waals surface area contributed by atoms with Crippen LogP contribution in [0.5, 0.6) is 0 Å². The highest BCUT2D eigenvalue weighted by Crippen LogP contribution is 2.19. The van der Waals surface area contributed by atoms with E-state index in [9.17, 15) is 30.0 Å². The first-order valence-electron chi connectivity index (χ1n) is 5.96. The predicted molar refractivity (Wildman–Crippen MR) is 61.8 cm³/mol. The largest absolute Gasteiger partial charge is 0.388 e. The Hall–Kier alpha value is -1.06. The van der Waals surface area contributed by atoms with Gasteiger partial charge in [-0.05, 0) is 6.92 Å². The lowest BCUT2D eigenvalue weighted by atomic mass is 9.99. The van der Waals surface area contributed by atoms with Crippen LogP contribution in [0.2, 0.25) is 0 Å². The van der Waals surface area contributed by atoms with Crippen molar-refractivity contribution in [2.75, 3.05) is 6.54 Å².